The van der Waals surface area contributed by atoms with Crippen LogP contribution in [0.15, 0.2) is 59.7 Å². The molecule has 0 atom stereocenters. The summed E-state index contributed by atoms with van der Waals surface area (Å²) in [5.74, 6) is 0.150. The fourth-order valence-electron chi connectivity index (χ4n) is 3.08. The number of benzene rings is 2. The Kier molecular flexibility index (Phi) is 9.02. The highest BCUT2D eigenvalue weighted by atomic mass is 16.6. The van der Waals surface area contributed by atoms with Gasteiger partial charge in [-0.15, -0.1) is 0 Å². The van der Waals surface area contributed by atoms with E-state index in [4.69, 9.17) is 14.2 Å². The summed E-state index contributed by atoms with van der Waals surface area (Å²) in [4.78, 5) is 26.5. The lowest BCUT2D eigenvalue weighted by Crippen LogP contribution is -2.25. The van der Waals surface area contributed by atoms with Crippen molar-refractivity contribution in [2.45, 2.75) is 20.1 Å². The lowest BCUT2D eigenvalue weighted by atomic mass is 10.1. The molecule has 1 N–H and O–H groups in total. The molecule has 3 aromatic rings. The van der Waals surface area contributed by atoms with Crippen molar-refractivity contribution in [2.75, 3.05) is 13.7 Å². The number of nitro benzene ring substituents is 1. The van der Waals surface area contributed by atoms with Gasteiger partial charge in [0.2, 0.25) is 5.88 Å². The van der Waals surface area contributed by atoms with Crippen LogP contribution in [0.4, 0.5) is 5.69 Å². The molecule has 11 heteroatoms. The first-order valence-corrected chi connectivity index (χ1v) is 10.7. The number of non-ortho nitro benzene ring substituents is 1. The SMILES string of the molecule is COCc1cc(C)nc(OCC(=O)NN=Cc2ccc(OCc3ccc([N+](=O)[O-])cc3)cc2)c1C#N. The average Bonchev–Trinajstić information content (AvgIpc) is 2.87. The van der Waals surface area contributed by atoms with Crippen LogP contribution in [-0.2, 0) is 22.7 Å². The molecule has 0 saturated carbocycles. The van der Waals surface area contributed by atoms with Gasteiger partial charge in [-0.2, -0.15) is 10.4 Å². The Balaban J connectivity index is 1.48. The number of hydrazone groups is 1. The topological polar surface area (TPSA) is 149 Å². The zero-order chi connectivity index (χ0) is 25.9. The van der Waals surface area contributed by atoms with Crippen LogP contribution in [0.1, 0.15) is 27.9 Å². The number of hydrogen-bond donors (Lipinski definition) is 1. The van der Waals surface area contributed by atoms with Crippen molar-refractivity contribution in [3.8, 4) is 17.7 Å². The molecule has 1 heterocycles. The zero-order valence-corrected chi connectivity index (χ0v) is 19.6. The molecule has 3 rings (SSSR count). The van der Waals surface area contributed by atoms with Crippen LogP contribution in [0.25, 0.3) is 0 Å². The van der Waals surface area contributed by atoms with Crippen molar-refractivity contribution in [3.63, 3.8) is 0 Å². The molecule has 0 saturated heterocycles. The van der Waals surface area contributed by atoms with E-state index in [9.17, 15) is 20.2 Å². The van der Waals surface area contributed by atoms with Crippen molar-refractivity contribution in [1.29, 1.82) is 5.26 Å². The average molecular weight is 489 g/mol. The number of aromatic nitrogens is 1. The molecule has 0 aliphatic heterocycles. The second kappa shape index (κ2) is 12.6. The van der Waals surface area contributed by atoms with E-state index >= 15 is 0 Å². The number of methoxy groups -OCH3 is 1. The molecule has 36 heavy (non-hydrogen) atoms. The summed E-state index contributed by atoms with van der Waals surface area (Å²) >= 11 is 0. The van der Waals surface area contributed by atoms with E-state index in [1.165, 1.54) is 25.5 Å². The van der Waals surface area contributed by atoms with Gasteiger partial charge in [0.05, 0.1) is 17.7 Å². The van der Waals surface area contributed by atoms with E-state index in [2.05, 4.69) is 15.5 Å². The Morgan fingerprint density at radius 1 is 1.17 bits per heavy atom. The van der Waals surface area contributed by atoms with Gasteiger partial charge in [-0.05, 0) is 60.5 Å². The fourth-order valence-corrected chi connectivity index (χ4v) is 3.08. The third-order valence-corrected chi connectivity index (χ3v) is 4.78. The Morgan fingerprint density at radius 2 is 1.89 bits per heavy atom. The number of ether oxygens (including phenoxy) is 3. The van der Waals surface area contributed by atoms with Gasteiger partial charge in [0.15, 0.2) is 6.61 Å². The summed E-state index contributed by atoms with van der Waals surface area (Å²) in [6.07, 6.45) is 1.46. The van der Waals surface area contributed by atoms with Crippen molar-refractivity contribution < 1.29 is 23.9 Å². The van der Waals surface area contributed by atoms with Gasteiger partial charge in [-0.25, -0.2) is 10.4 Å². The van der Waals surface area contributed by atoms with Gasteiger partial charge < -0.3 is 14.2 Å². The highest BCUT2D eigenvalue weighted by Gasteiger charge is 2.14. The second-order valence-electron chi connectivity index (χ2n) is 7.51. The summed E-state index contributed by atoms with van der Waals surface area (Å²) in [6.45, 7) is 1.87. The highest BCUT2D eigenvalue weighted by Crippen LogP contribution is 2.21. The van der Waals surface area contributed by atoms with Crippen molar-refractivity contribution in [1.82, 2.24) is 10.4 Å². The van der Waals surface area contributed by atoms with Gasteiger partial charge in [-0.3, -0.25) is 14.9 Å². The molecule has 1 amide bonds. The smallest absolute Gasteiger partial charge is 0.278 e. The van der Waals surface area contributed by atoms with E-state index < -0.39 is 10.8 Å². The van der Waals surface area contributed by atoms with Crippen LogP contribution in [0.5, 0.6) is 11.6 Å². The molecule has 0 aliphatic carbocycles. The van der Waals surface area contributed by atoms with Gasteiger partial charge in [-0.1, -0.05) is 0 Å². The summed E-state index contributed by atoms with van der Waals surface area (Å²) in [5.41, 5.74) is 5.38. The number of carbonyl (C=O) groups is 1. The molecule has 0 radical (unpaired) electrons. The summed E-state index contributed by atoms with van der Waals surface area (Å²) in [7, 11) is 1.52. The molecule has 0 aliphatic rings. The summed E-state index contributed by atoms with van der Waals surface area (Å²) < 4.78 is 16.2. The van der Waals surface area contributed by atoms with Crippen LogP contribution < -0.4 is 14.9 Å². The third-order valence-electron chi connectivity index (χ3n) is 4.78. The first-order valence-electron chi connectivity index (χ1n) is 10.7. The number of nitro groups is 1. The largest absolute Gasteiger partial charge is 0.489 e. The van der Waals surface area contributed by atoms with E-state index in [0.29, 0.717) is 17.0 Å². The Hall–Kier alpha value is -4.82. The molecule has 184 valence electrons. The predicted molar refractivity (Wildman–Crippen MR) is 130 cm³/mol. The first-order chi connectivity index (χ1) is 17.4. The third kappa shape index (κ3) is 7.34. The maximum Gasteiger partial charge on any atom is 0.278 e. The quantitative estimate of drug-likeness (QED) is 0.245. The van der Waals surface area contributed by atoms with Crippen molar-refractivity contribution >= 4 is 17.8 Å². The molecule has 0 spiro atoms. The van der Waals surface area contributed by atoms with Crippen LogP contribution in [0.2, 0.25) is 0 Å². The molecule has 2 aromatic carbocycles. The number of rotatable bonds is 11. The second-order valence-corrected chi connectivity index (χ2v) is 7.51. The van der Waals surface area contributed by atoms with Gasteiger partial charge in [0, 0.05) is 30.5 Å². The van der Waals surface area contributed by atoms with Crippen molar-refractivity contribution in [2.24, 2.45) is 5.10 Å². The molecule has 11 nitrogen and oxygen atoms in total. The number of amides is 1. The minimum atomic E-state index is -0.519. The Morgan fingerprint density at radius 3 is 2.53 bits per heavy atom. The molecule has 0 unspecified atom stereocenters. The van der Waals surface area contributed by atoms with Gasteiger partial charge in [0.25, 0.3) is 11.6 Å². The van der Waals surface area contributed by atoms with E-state index in [1.807, 2.05) is 6.07 Å². The normalized spacial score (nSPS) is 10.6. The highest BCUT2D eigenvalue weighted by molar-refractivity contribution is 5.83. The standard InChI is InChI=1S/C25H23N5O6/c1-17-11-20(15-34-2)23(12-26)25(28-17)36-16-24(31)29-27-13-18-5-9-22(10-6-18)35-14-19-3-7-21(8-4-19)30(32)33/h3-11,13H,14-16H2,1-2H3,(H,29,31). The minimum Gasteiger partial charge on any atom is -0.489 e. The van der Waals surface area contributed by atoms with Gasteiger partial charge in [0.1, 0.15) is 24.0 Å². The predicted octanol–water partition coefficient (Wildman–Crippen LogP) is 3.42. The van der Waals surface area contributed by atoms with Gasteiger partial charge >= 0.3 is 0 Å². The number of nitrogens with zero attached hydrogens (tertiary/aromatic N) is 4. The molecular formula is C25H23N5O6. The van der Waals surface area contributed by atoms with Crippen LogP contribution in [-0.4, -0.2) is 35.7 Å². The van der Waals surface area contributed by atoms with E-state index in [1.54, 1.807) is 49.4 Å². The molecular weight excluding hydrogens is 466 g/mol. The van der Waals surface area contributed by atoms with Crippen LogP contribution in [0, 0.1) is 28.4 Å². The number of pyridine rings is 1. The lowest BCUT2D eigenvalue weighted by Gasteiger charge is -2.10. The number of hydrogen-bond acceptors (Lipinski definition) is 9. The minimum absolute atomic E-state index is 0.0241. The lowest BCUT2D eigenvalue weighted by molar-refractivity contribution is -0.384. The van der Waals surface area contributed by atoms with Crippen LogP contribution >= 0.6 is 0 Å². The summed E-state index contributed by atoms with van der Waals surface area (Å²) in [6, 6.07) is 16.9. The number of nitriles is 1. The Labute approximate surface area is 207 Å². The van der Waals surface area contributed by atoms with E-state index in [-0.39, 0.29) is 37.0 Å². The van der Waals surface area contributed by atoms with E-state index in [0.717, 1.165) is 11.1 Å². The number of nitrogens with one attached hydrogen (secondary N) is 1. The molecule has 1 aromatic heterocycles. The Bertz CT molecular complexity index is 1280. The maximum atomic E-state index is 12.1. The monoisotopic (exact) mass is 489 g/mol. The first kappa shape index (κ1) is 25.8. The molecule has 0 bridgehead atoms. The van der Waals surface area contributed by atoms with Crippen LogP contribution in [0.3, 0.4) is 0 Å². The number of carbonyl (C=O) groups excluding carboxylic acids is 1. The fraction of sp³-hybridized carbons (Fsp3) is 0.200. The van der Waals surface area contributed by atoms with Crippen molar-refractivity contribution in [3.05, 3.63) is 92.7 Å². The maximum absolute atomic E-state index is 12.1. The number of aryl methyl sites for hydroxylation is 1. The summed E-state index contributed by atoms with van der Waals surface area (Å²) in [5, 5.41) is 24.0. The zero-order valence-electron chi connectivity index (χ0n) is 19.6. The molecule has 0 fully saturated rings.